The molecule has 0 amide bonds. The fourth-order valence-electron chi connectivity index (χ4n) is 1.93. The van der Waals surface area contributed by atoms with Gasteiger partial charge in [-0.2, -0.15) is 0 Å². The lowest BCUT2D eigenvalue weighted by atomic mass is 9.94. The number of hydrogen-bond donors (Lipinski definition) is 1. The van der Waals surface area contributed by atoms with Crippen LogP contribution in [0, 0.1) is 5.92 Å². The maximum Gasteiger partial charge on any atom is 0.140 e. The summed E-state index contributed by atoms with van der Waals surface area (Å²) in [6.45, 7) is 3.99. The summed E-state index contributed by atoms with van der Waals surface area (Å²) in [6, 6.07) is 7.72. The molecule has 0 aliphatic carbocycles. The average Bonchev–Trinajstić information content (AvgIpc) is 2.28. The van der Waals surface area contributed by atoms with E-state index < -0.39 is 0 Å². The van der Waals surface area contributed by atoms with Gasteiger partial charge in [0.05, 0.1) is 0 Å². The number of ketones is 1. The first-order valence-corrected chi connectivity index (χ1v) is 6.89. The molecule has 3 heteroatoms. The molecule has 2 unspecified atom stereocenters. The van der Waals surface area contributed by atoms with Gasteiger partial charge in [-0.3, -0.25) is 4.79 Å². The first kappa shape index (κ1) is 15.2. The van der Waals surface area contributed by atoms with E-state index in [1.807, 2.05) is 38.1 Å². The molecular weight excluding hydrogens is 246 g/mol. The molecule has 2 nitrogen and oxygen atoms in total. The molecule has 0 aliphatic heterocycles. The normalized spacial score (nSPS) is 14.2. The predicted octanol–water partition coefficient (Wildman–Crippen LogP) is 3.61. The Hall–Kier alpha value is -0.860. The van der Waals surface area contributed by atoms with Crippen LogP contribution >= 0.6 is 11.6 Å². The second-order valence-corrected chi connectivity index (χ2v) is 5.52. The predicted molar refractivity (Wildman–Crippen MR) is 76.8 cm³/mol. The van der Waals surface area contributed by atoms with Crippen LogP contribution in [0.25, 0.3) is 0 Å². The Balaban J connectivity index is 2.40. The smallest absolute Gasteiger partial charge is 0.140 e. The van der Waals surface area contributed by atoms with Crippen molar-refractivity contribution >= 4 is 17.4 Å². The van der Waals surface area contributed by atoms with Crippen molar-refractivity contribution in [1.29, 1.82) is 0 Å². The maximum atomic E-state index is 12.0. The number of rotatable bonds is 7. The van der Waals surface area contributed by atoms with Crippen LogP contribution in [0.2, 0.25) is 5.02 Å². The Bertz CT molecular complexity index is 390. The van der Waals surface area contributed by atoms with Crippen molar-refractivity contribution < 1.29 is 4.79 Å². The molecule has 100 valence electrons. The second-order valence-electron chi connectivity index (χ2n) is 5.08. The van der Waals surface area contributed by atoms with E-state index in [9.17, 15) is 4.79 Å². The second kappa shape index (κ2) is 7.55. The molecule has 0 bridgehead atoms. The standard InChI is InChI=1S/C15H22ClNO/c1-11(5-3-6-12(2)17)15(18)10-13-7-4-8-14(16)9-13/h4,7-9,11-12H,3,5-6,10,17H2,1-2H3. The molecular formula is C15H22ClNO. The van der Waals surface area contributed by atoms with Crippen LogP contribution in [-0.2, 0) is 11.2 Å². The van der Waals surface area contributed by atoms with Crippen LogP contribution in [0.15, 0.2) is 24.3 Å². The Labute approximate surface area is 115 Å². The molecule has 0 heterocycles. The third-order valence-electron chi connectivity index (χ3n) is 3.11. The van der Waals surface area contributed by atoms with Gasteiger partial charge in [-0.15, -0.1) is 0 Å². The van der Waals surface area contributed by atoms with Gasteiger partial charge < -0.3 is 5.73 Å². The van der Waals surface area contributed by atoms with Gasteiger partial charge >= 0.3 is 0 Å². The topological polar surface area (TPSA) is 43.1 Å². The maximum absolute atomic E-state index is 12.0. The minimum atomic E-state index is 0.0998. The largest absolute Gasteiger partial charge is 0.328 e. The van der Waals surface area contributed by atoms with Crippen molar-refractivity contribution in [2.24, 2.45) is 11.7 Å². The van der Waals surface area contributed by atoms with Gasteiger partial charge in [-0.25, -0.2) is 0 Å². The number of halogens is 1. The number of nitrogens with two attached hydrogens (primary N) is 1. The van der Waals surface area contributed by atoms with E-state index in [2.05, 4.69) is 0 Å². The molecule has 18 heavy (non-hydrogen) atoms. The van der Waals surface area contributed by atoms with E-state index in [1.165, 1.54) is 0 Å². The van der Waals surface area contributed by atoms with Gasteiger partial charge in [-0.05, 0) is 37.5 Å². The Morgan fingerprint density at radius 1 is 1.33 bits per heavy atom. The number of Topliss-reactive ketones (excluding diaryl/α,β-unsaturated/α-hetero) is 1. The summed E-state index contributed by atoms with van der Waals surface area (Å²) in [5, 5.41) is 0.685. The lowest BCUT2D eigenvalue weighted by Crippen LogP contribution is -2.17. The van der Waals surface area contributed by atoms with Crippen LogP contribution in [0.5, 0.6) is 0 Å². The quantitative estimate of drug-likeness (QED) is 0.820. The number of benzene rings is 1. The molecule has 0 aromatic heterocycles. The number of hydrogen-bond acceptors (Lipinski definition) is 2. The molecule has 0 fully saturated rings. The van der Waals surface area contributed by atoms with E-state index in [1.54, 1.807) is 0 Å². The fourth-order valence-corrected chi connectivity index (χ4v) is 2.14. The highest BCUT2D eigenvalue weighted by Crippen LogP contribution is 2.16. The highest BCUT2D eigenvalue weighted by atomic mass is 35.5. The first-order chi connectivity index (χ1) is 8.49. The van der Waals surface area contributed by atoms with Crippen molar-refractivity contribution in [3.8, 4) is 0 Å². The van der Waals surface area contributed by atoms with Crippen LogP contribution < -0.4 is 5.73 Å². The summed E-state index contributed by atoms with van der Waals surface area (Å²) >= 11 is 5.90. The van der Waals surface area contributed by atoms with Gasteiger partial charge in [0.25, 0.3) is 0 Å². The summed E-state index contributed by atoms with van der Waals surface area (Å²) < 4.78 is 0. The van der Waals surface area contributed by atoms with Crippen LogP contribution in [0.1, 0.15) is 38.7 Å². The molecule has 1 rings (SSSR count). The minimum absolute atomic E-state index is 0.0998. The van der Waals surface area contributed by atoms with Gasteiger partial charge in [0, 0.05) is 23.4 Å². The molecule has 0 spiro atoms. The molecule has 1 aromatic carbocycles. The Morgan fingerprint density at radius 3 is 2.67 bits per heavy atom. The zero-order valence-electron chi connectivity index (χ0n) is 11.2. The summed E-state index contributed by atoms with van der Waals surface area (Å²) in [5.74, 6) is 0.379. The lowest BCUT2D eigenvalue weighted by molar-refractivity contribution is -0.121. The minimum Gasteiger partial charge on any atom is -0.328 e. The number of carbonyl (C=O) groups is 1. The van der Waals surface area contributed by atoms with Crippen molar-refractivity contribution in [2.75, 3.05) is 0 Å². The monoisotopic (exact) mass is 267 g/mol. The first-order valence-electron chi connectivity index (χ1n) is 6.51. The Morgan fingerprint density at radius 2 is 2.06 bits per heavy atom. The van der Waals surface area contributed by atoms with Gasteiger partial charge in [0.15, 0.2) is 0 Å². The van der Waals surface area contributed by atoms with E-state index in [-0.39, 0.29) is 17.7 Å². The fraction of sp³-hybridized carbons (Fsp3) is 0.533. The molecule has 1 aromatic rings. The molecule has 0 saturated carbocycles. The summed E-state index contributed by atoms with van der Waals surface area (Å²) in [4.78, 5) is 12.0. The van der Waals surface area contributed by atoms with E-state index in [4.69, 9.17) is 17.3 Å². The molecule has 2 atom stereocenters. The Kier molecular flexibility index (Phi) is 6.37. The van der Waals surface area contributed by atoms with E-state index in [0.29, 0.717) is 11.4 Å². The molecule has 0 radical (unpaired) electrons. The average molecular weight is 268 g/mol. The van der Waals surface area contributed by atoms with Crippen LogP contribution in [-0.4, -0.2) is 11.8 Å². The van der Waals surface area contributed by atoms with Crippen LogP contribution in [0.4, 0.5) is 0 Å². The van der Waals surface area contributed by atoms with Crippen LogP contribution in [0.3, 0.4) is 0 Å². The van der Waals surface area contributed by atoms with E-state index >= 15 is 0 Å². The van der Waals surface area contributed by atoms with Crippen molar-refractivity contribution in [2.45, 2.75) is 45.6 Å². The summed E-state index contributed by atoms with van der Waals surface area (Å²) in [6.07, 6.45) is 3.38. The zero-order chi connectivity index (χ0) is 13.5. The SMILES string of the molecule is CC(N)CCCC(C)C(=O)Cc1cccc(Cl)c1. The third kappa shape index (κ3) is 5.65. The summed E-state index contributed by atoms with van der Waals surface area (Å²) in [5.41, 5.74) is 6.69. The molecule has 0 aliphatic rings. The van der Waals surface area contributed by atoms with Crippen molar-refractivity contribution in [3.63, 3.8) is 0 Å². The van der Waals surface area contributed by atoms with Crippen molar-refractivity contribution in [1.82, 2.24) is 0 Å². The third-order valence-corrected chi connectivity index (χ3v) is 3.35. The molecule has 0 saturated heterocycles. The van der Waals surface area contributed by atoms with E-state index in [0.717, 1.165) is 24.8 Å². The molecule has 2 N–H and O–H groups in total. The summed E-state index contributed by atoms with van der Waals surface area (Å²) in [7, 11) is 0. The highest BCUT2D eigenvalue weighted by Gasteiger charge is 2.13. The number of carbonyl (C=O) groups excluding carboxylic acids is 1. The van der Waals surface area contributed by atoms with Gasteiger partial charge in [0.1, 0.15) is 5.78 Å². The van der Waals surface area contributed by atoms with Gasteiger partial charge in [-0.1, -0.05) is 37.1 Å². The zero-order valence-corrected chi connectivity index (χ0v) is 11.9. The van der Waals surface area contributed by atoms with Crippen molar-refractivity contribution in [3.05, 3.63) is 34.9 Å². The lowest BCUT2D eigenvalue weighted by Gasteiger charge is -2.11. The highest BCUT2D eigenvalue weighted by molar-refractivity contribution is 6.30. The van der Waals surface area contributed by atoms with Gasteiger partial charge in [0.2, 0.25) is 0 Å².